The van der Waals surface area contributed by atoms with Gasteiger partial charge < -0.3 is 16.0 Å². The van der Waals surface area contributed by atoms with Crippen molar-refractivity contribution in [1.82, 2.24) is 4.98 Å². The summed E-state index contributed by atoms with van der Waals surface area (Å²) in [4.78, 5) is 40.0. The van der Waals surface area contributed by atoms with Crippen LogP contribution in [0.2, 0.25) is 0 Å². The summed E-state index contributed by atoms with van der Waals surface area (Å²) in [5.41, 5.74) is 7.87. The van der Waals surface area contributed by atoms with Crippen molar-refractivity contribution in [3.05, 3.63) is 57.0 Å². The predicted octanol–water partition coefficient (Wildman–Crippen LogP) is 2.67. The number of aromatic amines is 1. The summed E-state index contributed by atoms with van der Waals surface area (Å²) in [6.45, 7) is 5.79. The molecular formula is C19H21N3O3. The zero-order valence-corrected chi connectivity index (χ0v) is 14.5. The van der Waals surface area contributed by atoms with Gasteiger partial charge in [0.05, 0.1) is 0 Å². The maximum Gasteiger partial charge on any atom is 0.261 e. The van der Waals surface area contributed by atoms with E-state index in [9.17, 15) is 14.4 Å². The molecule has 0 radical (unpaired) electrons. The van der Waals surface area contributed by atoms with Gasteiger partial charge in [-0.15, -0.1) is 0 Å². The molecule has 1 aromatic carbocycles. The van der Waals surface area contributed by atoms with Crippen LogP contribution < -0.4 is 16.6 Å². The van der Waals surface area contributed by atoms with E-state index in [0.29, 0.717) is 35.5 Å². The van der Waals surface area contributed by atoms with E-state index in [1.54, 1.807) is 18.2 Å². The van der Waals surface area contributed by atoms with Crippen molar-refractivity contribution in [3.63, 3.8) is 0 Å². The summed E-state index contributed by atoms with van der Waals surface area (Å²) in [6.07, 6.45) is 0.987. The summed E-state index contributed by atoms with van der Waals surface area (Å²) in [5.74, 6) is -0.618. The number of aromatic nitrogens is 1. The van der Waals surface area contributed by atoms with E-state index < -0.39 is 11.5 Å². The van der Waals surface area contributed by atoms with Crippen LogP contribution in [0.15, 0.2) is 29.1 Å². The standard InChI is InChI=1S/C19H21N3O3/c1-10-4-5-11(20)6-14(10)21-17(24)13-7-12-15(22-18(13)25)8-19(2,3)9-16(12)23/h4-7H,8-9,20H2,1-3H3,(H,21,24)(H,22,25). The Bertz CT molecular complexity index is 941. The molecule has 1 amide bonds. The normalized spacial score (nSPS) is 15.6. The van der Waals surface area contributed by atoms with Gasteiger partial charge in [-0.1, -0.05) is 19.9 Å². The number of nitrogen functional groups attached to an aromatic ring is 1. The number of hydrogen-bond acceptors (Lipinski definition) is 4. The highest BCUT2D eigenvalue weighted by molar-refractivity contribution is 6.07. The monoisotopic (exact) mass is 339 g/mol. The summed E-state index contributed by atoms with van der Waals surface area (Å²) in [7, 11) is 0. The van der Waals surface area contributed by atoms with Gasteiger partial charge in [0, 0.05) is 29.1 Å². The third kappa shape index (κ3) is 3.33. The number of amides is 1. The second-order valence-corrected chi connectivity index (χ2v) is 7.37. The molecule has 3 rings (SSSR count). The molecule has 25 heavy (non-hydrogen) atoms. The second kappa shape index (κ2) is 5.88. The summed E-state index contributed by atoms with van der Waals surface area (Å²) in [5, 5.41) is 2.70. The molecule has 1 heterocycles. The van der Waals surface area contributed by atoms with Gasteiger partial charge in [0.15, 0.2) is 5.78 Å². The highest BCUT2D eigenvalue weighted by Gasteiger charge is 2.32. The van der Waals surface area contributed by atoms with Crippen molar-refractivity contribution in [1.29, 1.82) is 0 Å². The zero-order chi connectivity index (χ0) is 18.4. The molecule has 2 aromatic rings. The number of nitrogens with one attached hydrogen (secondary N) is 2. The fraction of sp³-hybridized carbons (Fsp3) is 0.316. The zero-order valence-electron chi connectivity index (χ0n) is 14.5. The smallest absolute Gasteiger partial charge is 0.261 e. The average Bonchev–Trinajstić information content (AvgIpc) is 2.49. The maximum absolute atomic E-state index is 12.5. The SMILES string of the molecule is Cc1ccc(N)cc1NC(=O)c1cc2c([nH]c1=O)CC(C)(C)CC2=O. The maximum atomic E-state index is 12.5. The van der Waals surface area contributed by atoms with Crippen molar-refractivity contribution in [2.45, 2.75) is 33.6 Å². The van der Waals surface area contributed by atoms with Crippen LogP contribution in [0, 0.1) is 12.3 Å². The minimum absolute atomic E-state index is 0.0586. The van der Waals surface area contributed by atoms with Gasteiger partial charge >= 0.3 is 0 Å². The lowest BCUT2D eigenvalue weighted by Gasteiger charge is -2.29. The number of carbonyl (C=O) groups is 2. The number of H-pyrrole nitrogens is 1. The van der Waals surface area contributed by atoms with Crippen LogP contribution in [0.5, 0.6) is 0 Å². The van der Waals surface area contributed by atoms with Gasteiger partial charge in [0.2, 0.25) is 0 Å². The van der Waals surface area contributed by atoms with E-state index >= 15 is 0 Å². The third-order valence-electron chi connectivity index (χ3n) is 4.47. The Kier molecular flexibility index (Phi) is 3.99. The van der Waals surface area contributed by atoms with E-state index in [2.05, 4.69) is 10.3 Å². The van der Waals surface area contributed by atoms with E-state index in [0.717, 1.165) is 5.56 Å². The van der Waals surface area contributed by atoms with Crippen molar-refractivity contribution in [3.8, 4) is 0 Å². The van der Waals surface area contributed by atoms with Crippen LogP contribution in [-0.2, 0) is 6.42 Å². The van der Waals surface area contributed by atoms with E-state index in [4.69, 9.17) is 5.73 Å². The molecule has 0 bridgehead atoms. The minimum Gasteiger partial charge on any atom is -0.399 e. The van der Waals surface area contributed by atoms with Crippen LogP contribution in [0.3, 0.4) is 0 Å². The molecule has 1 aromatic heterocycles. The number of carbonyl (C=O) groups excluding carboxylic acids is 2. The number of benzene rings is 1. The number of rotatable bonds is 2. The van der Waals surface area contributed by atoms with Crippen molar-refractivity contribution >= 4 is 23.1 Å². The molecule has 0 atom stereocenters. The lowest BCUT2D eigenvalue weighted by Crippen LogP contribution is -2.32. The Labute approximate surface area is 145 Å². The second-order valence-electron chi connectivity index (χ2n) is 7.37. The Morgan fingerprint density at radius 3 is 2.64 bits per heavy atom. The largest absolute Gasteiger partial charge is 0.399 e. The van der Waals surface area contributed by atoms with Gasteiger partial charge in [0.25, 0.3) is 11.5 Å². The Morgan fingerprint density at radius 1 is 1.20 bits per heavy atom. The molecular weight excluding hydrogens is 318 g/mol. The molecule has 4 N–H and O–H groups in total. The topological polar surface area (TPSA) is 105 Å². The number of ketones is 1. The highest BCUT2D eigenvalue weighted by Crippen LogP contribution is 2.33. The van der Waals surface area contributed by atoms with E-state index in [1.165, 1.54) is 6.07 Å². The highest BCUT2D eigenvalue weighted by atomic mass is 16.2. The number of nitrogens with two attached hydrogens (primary N) is 1. The van der Waals surface area contributed by atoms with E-state index in [1.807, 2.05) is 20.8 Å². The molecule has 1 aliphatic carbocycles. The number of Topliss-reactive ketones (excluding diaryl/α,β-unsaturated/α-hetero) is 1. The van der Waals surface area contributed by atoms with E-state index in [-0.39, 0.29) is 16.8 Å². The van der Waals surface area contributed by atoms with Crippen LogP contribution in [-0.4, -0.2) is 16.7 Å². The molecule has 0 aliphatic heterocycles. The summed E-state index contributed by atoms with van der Waals surface area (Å²) < 4.78 is 0. The first-order chi connectivity index (χ1) is 11.7. The molecule has 0 fully saturated rings. The lowest BCUT2D eigenvalue weighted by atomic mass is 9.75. The van der Waals surface area contributed by atoms with Gasteiger partial charge in [-0.25, -0.2) is 0 Å². The van der Waals surface area contributed by atoms with Crippen LogP contribution in [0.4, 0.5) is 11.4 Å². The van der Waals surface area contributed by atoms with Crippen molar-refractivity contribution < 1.29 is 9.59 Å². The quantitative estimate of drug-likeness (QED) is 0.731. The van der Waals surface area contributed by atoms with Gasteiger partial charge in [-0.2, -0.15) is 0 Å². The predicted molar refractivity (Wildman–Crippen MR) is 97.0 cm³/mol. The first-order valence-electron chi connectivity index (χ1n) is 8.13. The Morgan fingerprint density at radius 2 is 1.92 bits per heavy atom. The minimum atomic E-state index is -0.560. The first kappa shape index (κ1) is 17.0. The molecule has 6 heteroatoms. The molecule has 6 nitrogen and oxygen atoms in total. The molecule has 0 spiro atoms. The number of aryl methyl sites for hydroxylation is 1. The molecule has 0 saturated heterocycles. The number of pyridine rings is 1. The number of fused-ring (bicyclic) bond motifs is 1. The van der Waals surface area contributed by atoms with Gasteiger partial charge in [-0.05, 0) is 42.5 Å². The van der Waals surface area contributed by atoms with Crippen LogP contribution in [0.1, 0.15) is 52.2 Å². The Balaban J connectivity index is 1.97. The molecule has 1 aliphatic rings. The van der Waals surface area contributed by atoms with Crippen molar-refractivity contribution in [2.75, 3.05) is 11.1 Å². The van der Waals surface area contributed by atoms with Gasteiger partial charge in [0.1, 0.15) is 5.56 Å². The molecule has 0 saturated carbocycles. The lowest BCUT2D eigenvalue weighted by molar-refractivity contribution is 0.0910. The van der Waals surface area contributed by atoms with Crippen molar-refractivity contribution in [2.24, 2.45) is 5.41 Å². The van der Waals surface area contributed by atoms with Gasteiger partial charge in [-0.3, -0.25) is 14.4 Å². The molecule has 130 valence electrons. The summed E-state index contributed by atoms with van der Waals surface area (Å²) >= 11 is 0. The Hall–Kier alpha value is -2.89. The number of anilines is 2. The summed E-state index contributed by atoms with van der Waals surface area (Å²) in [6, 6.07) is 6.56. The van der Waals surface area contributed by atoms with Crippen LogP contribution in [0.25, 0.3) is 0 Å². The average molecular weight is 339 g/mol. The first-order valence-corrected chi connectivity index (χ1v) is 8.13. The molecule has 0 unspecified atom stereocenters. The third-order valence-corrected chi connectivity index (χ3v) is 4.47. The fourth-order valence-electron chi connectivity index (χ4n) is 3.16. The van der Waals surface area contributed by atoms with Crippen LogP contribution >= 0.6 is 0 Å². The fourth-order valence-corrected chi connectivity index (χ4v) is 3.16. The number of hydrogen-bond donors (Lipinski definition) is 3.